The van der Waals surface area contributed by atoms with Crippen LogP contribution in [0.2, 0.25) is 5.02 Å². The van der Waals surface area contributed by atoms with Crippen molar-refractivity contribution in [2.24, 2.45) is 5.73 Å². The van der Waals surface area contributed by atoms with Gasteiger partial charge in [0, 0.05) is 21.2 Å². The van der Waals surface area contributed by atoms with Crippen LogP contribution < -0.4 is 5.73 Å². The second kappa shape index (κ2) is 5.80. The van der Waals surface area contributed by atoms with Crippen molar-refractivity contribution in [1.29, 1.82) is 0 Å². The molecule has 3 rings (SSSR count). The van der Waals surface area contributed by atoms with Crippen LogP contribution in [-0.2, 0) is 0 Å². The van der Waals surface area contributed by atoms with Gasteiger partial charge in [0.1, 0.15) is 0 Å². The van der Waals surface area contributed by atoms with Crippen LogP contribution in [0.1, 0.15) is 24.3 Å². The van der Waals surface area contributed by atoms with E-state index in [0.717, 1.165) is 24.4 Å². The van der Waals surface area contributed by atoms with Crippen LogP contribution in [0.25, 0.3) is 0 Å². The van der Waals surface area contributed by atoms with Crippen molar-refractivity contribution in [2.75, 3.05) is 6.54 Å². The third kappa shape index (κ3) is 2.88. The summed E-state index contributed by atoms with van der Waals surface area (Å²) < 4.78 is 0.189. The van der Waals surface area contributed by atoms with E-state index in [4.69, 9.17) is 17.3 Å². The number of halogens is 1. The number of hydrogen-bond donors (Lipinski definition) is 1. The first-order chi connectivity index (χ1) is 9.71. The molecule has 0 unspecified atom stereocenters. The minimum atomic E-state index is 0.189. The van der Waals surface area contributed by atoms with Crippen LogP contribution in [0.5, 0.6) is 0 Å². The molecule has 0 spiro atoms. The molecule has 0 radical (unpaired) electrons. The first-order valence-electron chi connectivity index (χ1n) is 6.90. The van der Waals surface area contributed by atoms with Crippen molar-refractivity contribution in [1.82, 2.24) is 0 Å². The van der Waals surface area contributed by atoms with Gasteiger partial charge in [-0.2, -0.15) is 0 Å². The molecule has 0 amide bonds. The van der Waals surface area contributed by atoms with Crippen molar-refractivity contribution in [2.45, 2.75) is 28.4 Å². The van der Waals surface area contributed by atoms with Gasteiger partial charge in [0.25, 0.3) is 0 Å². The Morgan fingerprint density at radius 3 is 2.30 bits per heavy atom. The van der Waals surface area contributed by atoms with E-state index >= 15 is 0 Å². The summed E-state index contributed by atoms with van der Waals surface area (Å²) in [4.78, 5) is 1.26. The van der Waals surface area contributed by atoms with E-state index < -0.39 is 0 Å². The molecule has 0 saturated heterocycles. The van der Waals surface area contributed by atoms with Crippen LogP contribution in [0, 0.1) is 0 Å². The Kier molecular flexibility index (Phi) is 4.06. The van der Waals surface area contributed by atoms with Crippen molar-refractivity contribution in [3.8, 4) is 0 Å². The van der Waals surface area contributed by atoms with Crippen LogP contribution in [0.15, 0.2) is 59.5 Å². The Morgan fingerprint density at radius 2 is 1.70 bits per heavy atom. The molecular weight excluding hydrogens is 286 g/mol. The van der Waals surface area contributed by atoms with Gasteiger partial charge < -0.3 is 5.73 Å². The highest BCUT2D eigenvalue weighted by atomic mass is 35.5. The molecule has 1 saturated carbocycles. The maximum absolute atomic E-state index is 6.04. The van der Waals surface area contributed by atoms with Crippen molar-refractivity contribution in [3.05, 3.63) is 65.2 Å². The van der Waals surface area contributed by atoms with Crippen LogP contribution >= 0.6 is 23.4 Å². The predicted octanol–water partition coefficient (Wildman–Crippen LogP) is 4.71. The lowest BCUT2D eigenvalue weighted by Crippen LogP contribution is -2.45. The van der Waals surface area contributed by atoms with Crippen LogP contribution in [0.3, 0.4) is 0 Å². The normalized spacial score (nSPS) is 25.2. The third-order valence-electron chi connectivity index (χ3n) is 4.03. The molecule has 20 heavy (non-hydrogen) atoms. The average molecular weight is 304 g/mol. The van der Waals surface area contributed by atoms with Gasteiger partial charge in [-0.15, -0.1) is 11.8 Å². The predicted molar refractivity (Wildman–Crippen MR) is 87.5 cm³/mol. The fourth-order valence-corrected chi connectivity index (χ4v) is 4.39. The van der Waals surface area contributed by atoms with Crippen LogP contribution in [0.4, 0.5) is 0 Å². The summed E-state index contributed by atoms with van der Waals surface area (Å²) in [5.74, 6) is 0.652. The number of nitrogens with two attached hydrogens (primary N) is 1. The largest absolute Gasteiger partial charge is 0.329 e. The summed E-state index contributed by atoms with van der Waals surface area (Å²) in [7, 11) is 0. The fourth-order valence-electron chi connectivity index (χ4n) is 2.84. The monoisotopic (exact) mass is 303 g/mol. The summed E-state index contributed by atoms with van der Waals surface area (Å²) >= 11 is 7.84. The molecule has 2 N–H and O–H groups in total. The van der Waals surface area contributed by atoms with Gasteiger partial charge in [0.15, 0.2) is 0 Å². The second-order valence-electron chi connectivity index (χ2n) is 5.46. The lowest BCUT2D eigenvalue weighted by Gasteiger charge is -2.47. The van der Waals surface area contributed by atoms with Gasteiger partial charge >= 0.3 is 0 Å². The first kappa shape index (κ1) is 14.0. The molecule has 0 aliphatic heterocycles. The molecule has 1 fully saturated rings. The highest BCUT2D eigenvalue weighted by molar-refractivity contribution is 8.00. The molecule has 1 aliphatic carbocycles. The van der Waals surface area contributed by atoms with E-state index in [1.54, 1.807) is 0 Å². The Labute approximate surface area is 129 Å². The molecule has 0 aromatic heterocycles. The molecule has 2 aromatic rings. The van der Waals surface area contributed by atoms with Gasteiger partial charge in [0.05, 0.1) is 0 Å². The SMILES string of the molecule is NCC1(Sc2ccc(Cl)cc2)CC(c2ccccc2)C1. The zero-order valence-electron chi connectivity index (χ0n) is 11.3. The quantitative estimate of drug-likeness (QED) is 0.885. The number of rotatable bonds is 4. The highest BCUT2D eigenvalue weighted by Gasteiger charge is 2.44. The zero-order valence-corrected chi connectivity index (χ0v) is 12.8. The molecule has 2 aromatic carbocycles. The summed E-state index contributed by atoms with van der Waals surface area (Å²) in [6.07, 6.45) is 2.31. The maximum atomic E-state index is 6.04. The van der Waals surface area contributed by atoms with Gasteiger partial charge in [-0.25, -0.2) is 0 Å². The van der Waals surface area contributed by atoms with Gasteiger partial charge in [0.2, 0.25) is 0 Å². The summed E-state index contributed by atoms with van der Waals surface area (Å²) in [6, 6.07) is 18.8. The molecule has 0 bridgehead atoms. The number of hydrogen-bond acceptors (Lipinski definition) is 2. The zero-order chi connectivity index (χ0) is 14.0. The Balaban J connectivity index is 1.68. The Hall–Kier alpha value is -0.960. The van der Waals surface area contributed by atoms with Crippen molar-refractivity contribution < 1.29 is 0 Å². The fraction of sp³-hybridized carbons (Fsp3) is 0.294. The van der Waals surface area contributed by atoms with Gasteiger partial charge in [-0.1, -0.05) is 41.9 Å². The summed E-state index contributed by atoms with van der Waals surface area (Å²) in [5, 5.41) is 0.784. The Bertz CT molecular complexity index is 561. The van der Waals surface area contributed by atoms with E-state index in [1.165, 1.54) is 10.5 Å². The highest BCUT2D eigenvalue weighted by Crippen LogP contribution is 2.54. The third-order valence-corrected chi connectivity index (χ3v) is 5.72. The lowest BCUT2D eigenvalue weighted by atomic mass is 9.70. The number of thioether (sulfide) groups is 1. The average Bonchev–Trinajstić information content (AvgIpc) is 2.45. The second-order valence-corrected chi connectivity index (χ2v) is 7.44. The molecule has 104 valence electrons. The van der Waals surface area contributed by atoms with E-state index in [2.05, 4.69) is 42.5 Å². The minimum absolute atomic E-state index is 0.189. The van der Waals surface area contributed by atoms with Gasteiger partial charge in [-0.3, -0.25) is 0 Å². The molecule has 1 aliphatic rings. The molecule has 0 atom stereocenters. The van der Waals surface area contributed by atoms with Crippen LogP contribution in [-0.4, -0.2) is 11.3 Å². The standard InChI is InChI=1S/C17H18ClNS/c18-15-6-8-16(9-7-15)20-17(12-19)10-14(11-17)13-4-2-1-3-5-13/h1-9,14H,10-12,19H2. The van der Waals surface area contributed by atoms with Crippen molar-refractivity contribution in [3.63, 3.8) is 0 Å². The summed E-state index contributed by atoms with van der Waals surface area (Å²) in [5.41, 5.74) is 7.48. The van der Waals surface area contributed by atoms with E-state index in [-0.39, 0.29) is 4.75 Å². The van der Waals surface area contributed by atoms with E-state index in [9.17, 15) is 0 Å². The molecule has 3 heteroatoms. The van der Waals surface area contributed by atoms with Crippen molar-refractivity contribution >= 4 is 23.4 Å². The first-order valence-corrected chi connectivity index (χ1v) is 8.10. The van der Waals surface area contributed by atoms with Gasteiger partial charge in [-0.05, 0) is 48.6 Å². The smallest absolute Gasteiger partial charge is 0.0406 e. The Morgan fingerprint density at radius 1 is 1.05 bits per heavy atom. The molecule has 0 heterocycles. The maximum Gasteiger partial charge on any atom is 0.0406 e. The molecule has 1 nitrogen and oxygen atoms in total. The summed E-state index contributed by atoms with van der Waals surface area (Å²) in [6.45, 7) is 0.726. The van der Waals surface area contributed by atoms with E-state index in [1.807, 2.05) is 23.9 Å². The molecular formula is C17H18ClNS. The topological polar surface area (TPSA) is 26.0 Å². The van der Waals surface area contributed by atoms with E-state index in [0.29, 0.717) is 5.92 Å². The minimum Gasteiger partial charge on any atom is -0.329 e. The number of benzene rings is 2. The lowest BCUT2D eigenvalue weighted by molar-refractivity contribution is 0.313.